The predicted octanol–water partition coefficient (Wildman–Crippen LogP) is 0.293. The average Bonchev–Trinajstić information content (AvgIpc) is 2.78. The first-order valence-corrected chi connectivity index (χ1v) is 5.12. The second-order valence-corrected chi connectivity index (χ2v) is 3.51. The molecule has 0 spiro atoms. The van der Waals surface area contributed by atoms with Crippen LogP contribution in [0.5, 0.6) is 0 Å². The number of hydrogen-bond acceptors (Lipinski definition) is 6. The number of carbonyl (C=O) groups excluding carboxylic acids is 1. The molecule has 2 rings (SSSR count). The number of methoxy groups -OCH3 is 1. The van der Waals surface area contributed by atoms with Crippen molar-refractivity contribution in [2.75, 3.05) is 33.4 Å². The summed E-state index contributed by atoms with van der Waals surface area (Å²) < 4.78 is 15.0. The molecule has 1 aliphatic rings. The van der Waals surface area contributed by atoms with Crippen molar-refractivity contribution in [1.29, 1.82) is 0 Å². The Morgan fingerprint density at radius 1 is 1.56 bits per heavy atom. The summed E-state index contributed by atoms with van der Waals surface area (Å²) in [5, 5.41) is 0. The van der Waals surface area contributed by atoms with Crippen molar-refractivity contribution in [3.05, 3.63) is 17.8 Å². The van der Waals surface area contributed by atoms with E-state index in [9.17, 15) is 4.79 Å². The van der Waals surface area contributed by atoms with Gasteiger partial charge in [-0.1, -0.05) is 0 Å². The number of nitrogens with zero attached hydrogens (tertiary/aromatic N) is 2. The van der Waals surface area contributed by atoms with E-state index in [2.05, 4.69) is 14.6 Å². The highest BCUT2D eigenvalue weighted by molar-refractivity contribution is 5.86. The smallest absolute Gasteiger partial charge is 0.360 e. The Bertz CT molecular complexity index is 357. The summed E-state index contributed by atoms with van der Waals surface area (Å²) in [5.74, 6) is 0.0549. The van der Waals surface area contributed by atoms with Crippen LogP contribution in [-0.2, 0) is 16.0 Å². The Morgan fingerprint density at radius 3 is 3.00 bits per heavy atom. The summed E-state index contributed by atoms with van der Waals surface area (Å²) in [4.78, 5) is 17.4. The molecule has 1 aliphatic heterocycles. The summed E-state index contributed by atoms with van der Waals surface area (Å²) in [7, 11) is 1.32. The molecule has 6 nitrogen and oxygen atoms in total. The van der Waals surface area contributed by atoms with E-state index in [0.29, 0.717) is 12.4 Å². The van der Waals surface area contributed by atoms with E-state index in [0.717, 1.165) is 26.3 Å². The van der Waals surface area contributed by atoms with E-state index >= 15 is 0 Å². The molecule has 0 unspecified atom stereocenters. The highest BCUT2D eigenvalue weighted by Crippen LogP contribution is 2.08. The van der Waals surface area contributed by atoms with Crippen molar-refractivity contribution in [2.24, 2.45) is 0 Å². The van der Waals surface area contributed by atoms with E-state index in [1.165, 1.54) is 13.4 Å². The molecule has 0 atom stereocenters. The van der Waals surface area contributed by atoms with Crippen molar-refractivity contribution in [3.8, 4) is 0 Å². The predicted molar refractivity (Wildman–Crippen MR) is 53.9 cm³/mol. The number of esters is 1. The molecule has 1 saturated heterocycles. The lowest BCUT2D eigenvalue weighted by atomic mass is 10.4. The second-order valence-electron chi connectivity index (χ2n) is 3.51. The first kappa shape index (κ1) is 11.1. The molecule has 16 heavy (non-hydrogen) atoms. The van der Waals surface area contributed by atoms with Crippen LogP contribution >= 0.6 is 0 Å². The van der Waals surface area contributed by atoms with Crippen LogP contribution in [0.4, 0.5) is 0 Å². The van der Waals surface area contributed by atoms with Gasteiger partial charge in [-0.3, -0.25) is 4.90 Å². The number of hydrogen-bond donors (Lipinski definition) is 0. The van der Waals surface area contributed by atoms with Gasteiger partial charge in [-0.15, -0.1) is 0 Å². The molecule has 0 aliphatic carbocycles. The maximum absolute atomic E-state index is 11.1. The molecular formula is C10H14N2O4. The molecule has 88 valence electrons. The molecule has 1 fully saturated rings. The minimum Gasteiger partial charge on any atom is -0.464 e. The topological polar surface area (TPSA) is 64.8 Å². The van der Waals surface area contributed by atoms with Crippen LogP contribution in [0, 0.1) is 0 Å². The van der Waals surface area contributed by atoms with Crippen LogP contribution in [0.15, 0.2) is 10.7 Å². The molecule has 1 aromatic rings. The summed E-state index contributed by atoms with van der Waals surface area (Å²) >= 11 is 0. The second kappa shape index (κ2) is 5.09. The van der Waals surface area contributed by atoms with Crippen molar-refractivity contribution in [1.82, 2.24) is 9.88 Å². The fourth-order valence-corrected chi connectivity index (χ4v) is 1.53. The van der Waals surface area contributed by atoms with Gasteiger partial charge < -0.3 is 13.9 Å². The van der Waals surface area contributed by atoms with Gasteiger partial charge in [-0.05, 0) is 0 Å². The largest absolute Gasteiger partial charge is 0.464 e. The van der Waals surface area contributed by atoms with Gasteiger partial charge in [0.1, 0.15) is 6.26 Å². The summed E-state index contributed by atoms with van der Waals surface area (Å²) in [6.45, 7) is 3.77. The molecule has 0 bridgehead atoms. The van der Waals surface area contributed by atoms with Crippen molar-refractivity contribution < 1.29 is 18.7 Å². The summed E-state index contributed by atoms with van der Waals surface area (Å²) in [6.07, 6.45) is 1.32. The van der Waals surface area contributed by atoms with E-state index in [1.54, 1.807) is 0 Å². The van der Waals surface area contributed by atoms with E-state index in [-0.39, 0.29) is 5.69 Å². The molecule has 0 aromatic carbocycles. The Morgan fingerprint density at radius 2 is 2.31 bits per heavy atom. The number of morpholine rings is 1. The highest BCUT2D eigenvalue weighted by Gasteiger charge is 2.16. The van der Waals surface area contributed by atoms with Crippen molar-refractivity contribution in [3.63, 3.8) is 0 Å². The van der Waals surface area contributed by atoms with Gasteiger partial charge in [0.25, 0.3) is 0 Å². The van der Waals surface area contributed by atoms with E-state index < -0.39 is 5.97 Å². The first-order valence-electron chi connectivity index (χ1n) is 5.12. The lowest BCUT2D eigenvalue weighted by Gasteiger charge is -2.24. The van der Waals surface area contributed by atoms with Crippen LogP contribution in [-0.4, -0.2) is 49.3 Å². The highest BCUT2D eigenvalue weighted by atomic mass is 16.5. The lowest BCUT2D eigenvalue weighted by Crippen LogP contribution is -2.35. The summed E-state index contributed by atoms with van der Waals surface area (Å²) in [6, 6.07) is 0. The number of aromatic nitrogens is 1. The maximum atomic E-state index is 11.1. The third kappa shape index (κ3) is 2.59. The molecule has 6 heteroatoms. The van der Waals surface area contributed by atoms with Gasteiger partial charge in [0.05, 0.1) is 26.9 Å². The molecule has 2 heterocycles. The minimum atomic E-state index is -0.475. The third-order valence-electron chi connectivity index (χ3n) is 2.41. The monoisotopic (exact) mass is 226 g/mol. The number of carbonyl (C=O) groups is 1. The molecule has 0 N–H and O–H groups in total. The number of oxazole rings is 1. The Balaban J connectivity index is 1.94. The third-order valence-corrected chi connectivity index (χ3v) is 2.41. The van der Waals surface area contributed by atoms with Crippen molar-refractivity contribution >= 4 is 5.97 Å². The zero-order valence-corrected chi connectivity index (χ0v) is 9.14. The Kier molecular flexibility index (Phi) is 3.53. The van der Waals surface area contributed by atoms with E-state index in [4.69, 9.17) is 9.15 Å². The van der Waals surface area contributed by atoms with Crippen LogP contribution < -0.4 is 0 Å². The van der Waals surface area contributed by atoms with E-state index in [1.807, 2.05) is 0 Å². The Hall–Kier alpha value is -1.40. The van der Waals surface area contributed by atoms with Gasteiger partial charge in [-0.25, -0.2) is 9.78 Å². The zero-order valence-electron chi connectivity index (χ0n) is 9.14. The first-order chi connectivity index (χ1) is 7.79. The van der Waals surface area contributed by atoms with Gasteiger partial charge in [0.15, 0.2) is 5.69 Å². The van der Waals surface area contributed by atoms with Crippen LogP contribution in [0.25, 0.3) is 0 Å². The standard InChI is InChI=1S/C10H14N2O4/c1-14-10(13)8-7-16-9(11-8)6-12-2-4-15-5-3-12/h7H,2-6H2,1H3. The molecular weight excluding hydrogens is 212 g/mol. The maximum Gasteiger partial charge on any atom is 0.360 e. The van der Waals surface area contributed by atoms with Gasteiger partial charge in [0.2, 0.25) is 5.89 Å². The molecule has 0 amide bonds. The number of ether oxygens (including phenoxy) is 2. The molecule has 1 aromatic heterocycles. The Labute approximate surface area is 93.1 Å². The minimum absolute atomic E-state index is 0.214. The van der Waals surface area contributed by atoms with Crippen LogP contribution in [0.1, 0.15) is 16.4 Å². The molecule has 0 radical (unpaired) electrons. The van der Waals surface area contributed by atoms with Gasteiger partial charge >= 0.3 is 5.97 Å². The quantitative estimate of drug-likeness (QED) is 0.690. The van der Waals surface area contributed by atoms with Crippen LogP contribution in [0.3, 0.4) is 0 Å². The van der Waals surface area contributed by atoms with Crippen molar-refractivity contribution in [2.45, 2.75) is 6.54 Å². The lowest BCUT2D eigenvalue weighted by molar-refractivity contribution is 0.0305. The van der Waals surface area contributed by atoms with Crippen LogP contribution in [0.2, 0.25) is 0 Å². The zero-order chi connectivity index (χ0) is 11.4. The summed E-state index contributed by atoms with van der Waals surface area (Å²) in [5.41, 5.74) is 0.214. The normalized spacial score (nSPS) is 17.3. The fourth-order valence-electron chi connectivity index (χ4n) is 1.53. The fraction of sp³-hybridized carbons (Fsp3) is 0.600. The number of rotatable bonds is 3. The molecule has 0 saturated carbocycles. The SMILES string of the molecule is COC(=O)c1coc(CN2CCOCC2)n1. The van der Waals surface area contributed by atoms with Gasteiger partial charge in [0, 0.05) is 13.1 Å². The average molecular weight is 226 g/mol. The van der Waals surface area contributed by atoms with Gasteiger partial charge in [-0.2, -0.15) is 0 Å².